The maximum Gasteiger partial charge on any atom is 0.143 e. The highest BCUT2D eigenvalue weighted by atomic mass is 16.3. The maximum atomic E-state index is 9.43. The number of aromatic hydroxyl groups is 2. The Morgan fingerprint density at radius 2 is 0.700 bits per heavy atom. The van der Waals surface area contributed by atoms with Gasteiger partial charge in [-0.25, -0.2) is 0 Å². The van der Waals surface area contributed by atoms with Crippen molar-refractivity contribution in [3.8, 4) is 11.5 Å². The van der Waals surface area contributed by atoms with Gasteiger partial charge < -0.3 is 10.2 Å². The van der Waals surface area contributed by atoms with E-state index in [0.29, 0.717) is 11.4 Å². The summed E-state index contributed by atoms with van der Waals surface area (Å²) in [6.07, 6.45) is 0. The van der Waals surface area contributed by atoms with Crippen LogP contribution in [0.3, 0.4) is 0 Å². The molecule has 0 spiro atoms. The molecule has 0 atom stereocenters. The molecular formula is C24H20N4O2. The van der Waals surface area contributed by atoms with Gasteiger partial charge in [-0.3, -0.25) is 0 Å². The van der Waals surface area contributed by atoms with Crippen molar-refractivity contribution in [3.63, 3.8) is 0 Å². The smallest absolute Gasteiger partial charge is 0.143 e. The van der Waals surface area contributed by atoms with E-state index in [1.807, 2.05) is 60.7 Å². The first-order chi connectivity index (χ1) is 14.7. The van der Waals surface area contributed by atoms with Crippen LogP contribution in [-0.2, 0) is 0 Å². The molecular weight excluding hydrogens is 376 g/mol. The first-order valence-corrected chi connectivity index (χ1v) is 9.22. The molecule has 0 unspecified atom stereocenters. The molecule has 0 aliphatic rings. The van der Waals surface area contributed by atoms with E-state index in [2.05, 4.69) is 20.5 Å². The number of benzene rings is 4. The molecule has 30 heavy (non-hydrogen) atoms. The van der Waals surface area contributed by atoms with Gasteiger partial charge in [-0.15, -0.1) is 10.2 Å². The number of nitrogens with zero attached hydrogens (tertiary/aromatic N) is 4. The molecule has 4 aromatic carbocycles. The standard InChI is InChI=1S/2C12H10N2O/c2*15-12-9-5-4-8-11(12)14-13-10-6-2-1-3-7-10/h2*1-9,15H. The third-order valence-electron chi connectivity index (χ3n) is 3.82. The molecule has 0 saturated carbocycles. The molecule has 0 aliphatic heterocycles. The van der Waals surface area contributed by atoms with Crippen LogP contribution in [0.1, 0.15) is 0 Å². The summed E-state index contributed by atoms with van der Waals surface area (Å²) in [6.45, 7) is 0. The van der Waals surface area contributed by atoms with Crippen molar-refractivity contribution in [1.82, 2.24) is 0 Å². The third-order valence-corrected chi connectivity index (χ3v) is 3.82. The van der Waals surface area contributed by atoms with Gasteiger partial charge in [-0.2, -0.15) is 10.2 Å². The second-order valence-electron chi connectivity index (χ2n) is 6.05. The molecule has 0 fully saturated rings. The minimum atomic E-state index is 0.136. The van der Waals surface area contributed by atoms with Crippen LogP contribution < -0.4 is 0 Å². The largest absolute Gasteiger partial charge is 0.506 e. The van der Waals surface area contributed by atoms with E-state index in [0.717, 1.165) is 11.4 Å². The fourth-order valence-corrected chi connectivity index (χ4v) is 2.31. The summed E-state index contributed by atoms with van der Waals surface area (Å²) in [4.78, 5) is 0. The van der Waals surface area contributed by atoms with Crippen molar-refractivity contribution in [3.05, 3.63) is 109 Å². The fraction of sp³-hybridized carbons (Fsp3) is 0. The van der Waals surface area contributed by atoms with Gasteiger partial charge in [0.15, 0.2) is 0 Å². The summed E-state index contributed by atoms with van der Waals surface area (Å²) in [5.74, 6) is 0.273. The van der Waals surface area contributed by atoms with Gasteiger partial charge in [0.2, 0.25) is 0 Å². The number of para-hydroxylation sites is 2. The number of phenolic OH excluding ortho intramolecular Hbond substituents is 2. The van der Waals surface area contributed by atoms with E-state index in [-0.39, 0.29) is 11.5 Å². The van der Waals surface area contributed by atoms with Gasteiger partial charge >= 0.3 is 0 Å². The summed E-state index contributed by atoms with van der Waals surface area (Å²) in [5, 5.41) is 34.8. The Morgan fingerprint density at radius 1 is 0.367 bits per heavy atom. The fourth-order valence-electron chi connectivity index (χ4n) is 2.31. The molecule has 0 saturated heterocycles. The van der Waals surface area contributed by atoms with E-state index in [1.54, 1.807) is 48.5 Å². The predicted molar refractivity (Wildman–Crippen MR) is 117 cm³/mol. The third kappa shape index (κ3) is 6.38. The number of hydrogen-bond acceptors (Lipinski definition) is 6. The summed E-state index contributed by atoms with van der Waals surface area (Å²) >= 11 is 0. The summed E-state index contributed by atoms with van der Waals surface area (Å²) in [6, 6.07) is 32.5. The molecule has 0 radical (unpaired) electrons. The van der Waals surface area contributed by atoms with Gasteiger partial charge in [0.1, 0.15) is 22.9 Å². The zero-order valence-corrected chi connectivity index (χ0v) is 16.1. The van der Waals surface area contributed by atoms with E-state index in [4.69, 9.17) is 0 Å². The van der Waals surface area contributed by atoms with E-state index < -0.39 is 0 Å². The quantitative estimate of drug-likeness (QED) is 0.347. The van der Waals surface area contributed by atoms with Crippen LogP contribution >= 0.6 is 0 Å². The highest BCUT2D eigenvalue weighted by molar-refractivity contribution is 5.51. The minimum absolute atomic E-state index is 0.136. The summed E-state index contributed by atoms with van der Waals surface area (Å²) < 4.78 is 0. The molecule has 6 heteroatoms. The average Bonchev–Trinajstić information content (AvgIpc) is 2.80. The number of hydrogen-bond donors (Lipinski definition) is 2. The Morgan fingerprint density at radius 3 is 1.07 bits per heavy atom. The van der Waals surface area contributed by atoms with Crippen LogP contribution in [0.15, 0.2) is 130 Å². The normalized spacial score (nSPS) is 10.7. The van der Waals surface area contributed by atoms with Gasteiger partial charge in [0.25, 0.3) is 0 Å². The lowest BCUT2D eigenvalue weighted by molar-refractivity contribution is 0.476. The second kappa shape index (κ2) is 10.9. The van der Waals surface area contributed by atoms with Crippen molar-refractivity contribution in [1.29, 1.82) is 0 Å². The van der Waals surface area contributed by atoms with Crippen LogP contribution in [0.2, 0.25) is 0 Å². The van der Waals surface area contributed by atoms with Crippen molar-refractivity contribution in [2.75, 3.05) is 0 Å². The van der Waals surface area contributed by atoms with E-state index in [9.17, 15) is 10.2 Å². The predicted octanol–water partition coefficient (Wildman–Crippen LogP) is 7.62. The van der Waals surface area contributed by atoms with Crippen LogP contribution in [0.25, 0.3) is 0 Å². The lowest BCUT2D eigenvalue weighted by Crippen LogP contribution is -1.66. The summed E-state index contributed by atoms with van der Waals surface area (Å²) in [5.41, 5.74) is 2.48. The molecule has 4 rings (SSSR count). The second-order valence-corrected chi connectivity index (χ2v) is 6.05. The van der Waals surface area contributed by atoms with E-state index in [1.165, 1.54) is 0 Å². The SMILES string of the molecule is Oc1ccccc1N=Nc1ccccc1.Oc1ccccc1N=Nc1ccccc1. The van der Waals surface area contributed by atoms with Gasteiger partial charge in [0.05, 0.1) is 11.4 Å². The molecule has 0 amide bonds. The number of rotatable bonds is 4. The highest BCUT2D eigenvalue weighted by Crippen LogP contribution is 2.27. The van der Waals surface area contributed by atoms with Gasteiger partial charge in [0, 0.05) is 0 Å². The van der Waals surface area contributed by atoms with Crippen molar-refractivity contribution in [2.45, 2.75) is 0 Å². The topological polar surface area (TPSA) is 89.9 Å². The Labute approximate surface area is 174 Å². The minimum Gasteiger partial charge on any atom is -0.506 e. The monoisotopic (exact) mass is 396 g/mol. The number of phenols is 2. The molecule has 4 aromatic rings. The van der Waals surface area contributed by atoms with Gasteiger partial charge in [-0.1, -0.05) is 60.7 Å². The lowest BCUT2D eigenvalue weighted by atomic mass is 10.3. The zero-order chi connectivity index (χ0) is 21.0. The maximum absolute atomic E-state index is 9.43. The van der Waals surface area contributed by atoms with Crippen LogP contribution in [0.5, 0.6) is 11.5 Å². The molecule has 6 nitrogen and oxygen atoms in total. The van der Waals surface area contributed by atoms with E-state index >= 15 is 0 Å². The summed E-state index contributed by atoms with van der Waals surface area (Å²) in [7, 11) is 0. The Hall–Kier alpha value is -4.32. The van der Waals surface area contributed by atoms with Crippen molar-refractivity contribution < 1.29 is 10.2 Å². The molecule has 0 aromatic heterocycles. The Kier molecular flexibility index (Phi) is 7.40. The first kappa shape index (κ1) is 20.4. The average molecular weight is 396 g/mol. The van der Waals surface area contributed by atoms with Crippen molar-refractivity contribution >= 4 is 22.7 Å². The molecule has 0 aliphatic carbocycles. The highest BCUT2D eigenvalue weighted by Gasteiger charge is 1.96. The molecule has 2 N–H and O–H groups in total. The lowest BCUT2D eigenvalue weighted by Gasteiger charge is -1.95. The zero-order valence-electron chi connectivity index (χ0n) is 16.1. The van der Waals surface area contributed by atoms with Crippen LogP contribution in [-0.4, -0.2) is 10.2 Å². The Bertz CT molecular complexity index is 1020. The van der Waals surface area contributed by atoms with Gasteiger partial charge in [-0.05, 0) is 48.5 Å². The van der Waals surface area contributed by atoms with Crippen molar-refractivity contribution in [2.24, 2.45) is 20.5 Å². The molecule has 0 bridgehead atoms. The molecule has 0 heterocycles. The number of azo groups is 2. The van der Waals surface area contributed by atoms with Crippen LogP contribution in [0.4, 0.5) is 22.7 Å². The first-order valence-electron chi connectivity index (χ1n) is 9.22. The Balaban J connectivity index is 0.000000171. The van der Waals surface area contributed by atoms with Crippen LogP contribution in [0, 0.1) is 0 Å². The molecule has 148 valence electrons.